The van der Waals surface area contributed by atoms with E-state index < -0.39 is 0 Å². The molecule has 0 spiro atoms. The number of benzene rings is 1. The first-order chi connectivity index (χ1) is 7.93. The molecular weight excluding hydrogens is 196 g/mol. The normalized spacial score (nSPS) is 24.5. The molecule has 16 heavy (non-hydrogen) atoms. The van der Waals surface area contributed by atoms with Gasteiger partial charge >= 0.3 is 0 Å². The molecule has 2 atom stereocenters. The minimum atomic E-state index is 0.680. The smallest absolute Gasteiger partial charge is 0.133 e. The summed E-state index contributed by atoms with van der Waals surface area (Å²) in [7, 11) is 0. The molecule has 2 nitrogen and oxygen atoms in total. The number of fused-ring (bicyclic) bond motifs is 5. The maximum absolute atomic E-state index is 4.44. The molecule has 78 valence electrons. The van der Waals surface area contributed by atoms with Crippen molar-refractivity contribution in [2.24, 2.45) is 0 Å². The van der Waals surface area contributed by atoms with E-state index in [-0.39, 0.29) is 0 Å². The van der Waals surface area contributed by atoms with Crippen LogP contribution in [0.25, 0.3) is 0 Å². The van der Waals surface area contributed by atoms with Crippen molar-refractivity contribution >= 4 is 11.5 Å². The summed E-state index contributed by atoms with van der Waals surface area (Å²) >= 11 is 0. The average molecular weight is 208 g/mol. The van der Waals surface area contributed by atoms with E-state index in [0.29, 0.717) is 11.8 Å². The first kappa shape index (κ1) is 8.34. The Hall–Kier alpha value is -1.83. The molecule has 2 heterocycles. The van der Waals surface area contributed by atoms with Crippen LogP contribution in [0.1, 0.15) is 29.4 Å². The second kappa shape index (κ2) is 2.85. The lowest BCUT2D eigenvalue weighted by atomic mass is 10.1. The van der Waals surface area contributed by atoms with Gasteiger partial charge < -0.3 is 5.32 Å². The maximum atomic E-state index is 4.44. The number of aromatic nitrogens is 1. The molecule has 0 bridgehead atoms. The van der Waals surface area contributed by atoms with Crippen LogP contribution in [0.2, 0.25) is 0 Å². The highest BCUT2D eigenvalue weighted by Crippen LogP contribution is 2.59. The van der Waals surface area contributed by atoms with Gasteiger partial charge in [-0.25, -0.2) is 4.98 Å². The van der Waals surface area contributed by atoms with Gasteiger partial charge in [0.15, 0.2) is 0 Å². The molecule has 0 amide bonds. The molecule has 1 aliphatic heterocycles. The Balaban J connectivity index is 1.94. The van der Waals surface area contributed by atoms with Gasteiger partial charge in [0.1, 0.15) is 5.82 Å². The first-order valence-corrected chi connectivity index (χ1v) is 5.74. The molecule has 2 aliphatic rings. The summed E-state index contributed by atoms with van der Waals surface area (Å²) in [5.74, 6) is 2.42. The fraction of sp³-hybridized carbons (Fsp3) is 0.214. The van der Waals surface area contributed by atoms with E-state index in [4.69, 9.17) is 0 Å². The van der Waals surface area contributed by atoms with Crippen molar-refractivity contribution in [3.63, 3.8) is 0 Å². The summed E-state index contributed by atoms with van der Waals surface area (Å²) in [4.78, 5) is 4.44. The van der Waals surface area contributed by atoms with Gasteiger partial charge in [0.2, 0.25) is 0 Å². The van der Waals surface area contributed by atoms with Crippen LogP contribution in [0.15, 0.2) is 42.6 Å². The number of nitrogens with one attached hydrogen (secondary N) is 1. The zero-order chi connectivity index (χ0) is 10.5. The van der Waals surface area contributed by atoms with Crippen molar-refractivity contribution < 1.29 is 0 Å². The van der Waals surface area contributed by atoms with E-state index in [1.807, 2.05) is 12.3 Å². The Kier molecular flexibility index (Phi) is 1.48. The van der Waals surface area contributed by atoms with Gasteiger partial charge in [0.25, 0.3) is 0 Å². The van der Waals surface area contributed by atoms with Crippen molar-refractivity contribution in [3.8, 4) is 0 Å². The number of anilines is 2. The molecule has 0 unspecified atom stereocenters. The Morgan fingerprint density at radius 2 is 1.81 bits per heavy atom. The second-order valence-corrected chi connectivity index (χ2v) is 4.60. The predicted molar refractivity (Wildman–Crippen MR) is 64.1 cm³/mol. The topological polar surface area (TPSA) is 24.9 Å². The highest BCUT2D eigenvalue weighted by Gasteiger charge is 2.43. The Morgan fingerprint density at radius 1 is 1.00 bits per heavy atom. The fourth-order valence-electron chi connectivity index (χ4n) is 2.77. The summed E-state index contributed by atoms with van der Waals surface area (Å²) in [5, 5.41) is 3.45. The minimum absolute atomic E-state index is 0.680. The van der Waals surface area contributed by atoms with E-state index in [1.165, 1.54) is 23.2 Å². The van der Waals surface area contributed by atoms with Crippen molar-refractivity contribution in [1.82, 2.24) is 4.98 Å². The molecule has 1 aromatic carbocycles. The number of nitrogens with zero attached hydrogens (tertiary/aromatic N) is 1. The fourth-order valence-corrected chi connectivity index (χ4v) is 2.77. The van der Waals surface area contributed by atoms with Gasteiger partial charge in [-0.2, -0.15) is 0 Å². The lowest BCUT2D eigenvalue weighted by molar-refractivity contribution is 1.04. The molecule has 2 heteroatoms. The van der Waals surface area contributed by atoms with Gasteiger partial charge in [-0.05, 0) is 41.5 Å². The Labute approximate surface area is 94.3 Å². The molecule has 1 N–H and O–H groups in total. The summed E-state index contributed by atoms with van der Waals surface area (Å²) in [6, 6.07) is 12.8. The van der Waals surface area contributed by atoms with E-state index in [2.05, 4.69) is 40.6 Å². The van der Waals surface area contributed by atoms with Crippen LogP contribution in [0, 0.1) is 0 Å². The van der Waals surface area contributed by atoms with Gasteiger partial charge in [0.05, 0.1) is 0 Å². The van der Waals surface area contributed by atoms with Crippen molar-refractivity contribution in [3.05, 3.63) is 53.7 Å². The van der Waals surface area contributed by atoms with E-state index in [0.717, 1.165) is 5.82 Å². The van der Waals surface area contributed by atoms with Gasteiger partial charge in [-0.3, -0.25) is 0 Å². The lowest BCUT2D eigenvalue weighted by Gasteiger charge is -2.09. The third-order valence-corrected chi connectivity index (χ3v) is 3.64. The highest BCUT2D eigenvalue weighted by atomic mass is 15.0. The van der Waals surface area contributed by atoms with E-state index in [9.17, 15) is 0 Å². The average Bonchev–Trinajstić information content (AvgIpc) is 3.09. The molecule has 4 rings (SSSR count). The summed E-state index contributed by atoms with van der Waals surface area (Å²) < 4.78 is 0. The number of para-hydroxylation sites is 1. The zero-order valence-corrected chi connectivity index (χ0v) is 8.85. The molecule has 2 aromatic rings. The number of pyridine rings is 1. The van der Waals surface area contributed by atoms with Crippen LogP contribution in [-0.2, 0) is 0 Å². The quantitative estimate of drug-likeness (QED) is 0.717. The molecule has 0 radical (unpaired) electrons. The first-order valence-electron chi connectivity index (χ1n) is 5.74. The van der Waals surface area contributed by atoms with Crippen LogP contribution in [-0.4, -0.2) is 4.98 Å². The Bertz CT molecular complexity index is 513. The molecule has 1 fully saturated rings. The zero-order valence-electron chi connectivity index (χ0n) is 8.85. The van der Waals surface area contributed by atoms with Crippen molar-refractivity contribution in [2.75, 3.05) is 5.32 Å². The van der Waals surface area contributed by atoms with Crippen LogP contribution >= 0.6 is 0 Å². The van der Waals surface area contributed by atoms with Crippen LogP contribution in [0.5, 0.6) is 0 Å². The molecule has 1 aliphatic carbocycles. The number of hydrogen-bond acceptors (Lipinski definition) is 2. The SMILES string of the molecule is c1ccc2c(c1)Nc1ncccc1[C@@H]1C[C@H]21. The van der Waals surface area contributed by atoms with Gasteiger partial charge in [0, 0.05) is 11.9 Å². The van der Waals surface area contributed by atoms with Gasteiger partial charge in [-0.15, -0.1) is 0 Å². The van der Waals surface area contributed by atoms with E-state index >= 15 is 0 Å². The maximum Gasteiger partial charge on any atom is 0.133 e. The third kappa shape index (κ3) is 1.04. The van der Waals surface area contributed by atoms with Crippen LogP contribution < -0.4 is 5.32 Å². The monoisotopic (exact) mass is 208 g/mol. The van der Waals surface area contributed by atoms with Crippen molar-refractivity contribution in [1.29, 1.82) is 0 Å². The van der Waals surface area contributed by atoms with Crippen LogP contribution in [0.3, 0.4) is 0 Å². The summed E-state index contributed by atoms with van der Waals surface area (Å²) in [6.45, 7) is 0. The largest absolute Gasteiger partial charge is 0.340 e. The minimum Gasteiger partial charge on any atom is -0.340 e. The number of hydrogen-bond donors (Lipinski definition) is 1. The molecular formula is C14H12N2. The van der Waals surface area contributed by atoms with Gasteiger partial charge in [-0.1, -0.05) is 24.3 Å². The number of rotatable bonds is 0. The third-order valence-electron chi connectivity index (χ3n) is 3.64. The summed E-state index contributed by atoms with van der Waals surface area (Å²) in [5.41, 5.74) is 4.06. The van der Waals surface area contributed by atoms with Crippen molar-refractivity contribution in [2.45, 2.75) is 18.3 Å². The summed E-state index contributed by atoms with van der Waals surface area (Å²) in [6.07, 6.45) is 3.13. The second-order valence-electron chi connectivity index (χ2n) is 4.60. The van der Waals surface area contributed by atoms with Crippen LogP contribution in [0.4, 0.5) is 11.5 Å². The molecule has 1 aromatic heterocycles. The highest BCUT2D eigenvalue weighted by molar-refractivity contribution is 5.69. The lowest BCUT2D eigenvalue weighted by Crippen LogP contribution is -1.96. The molecule has 0 saturated heterocycles. The van der Waals surface area contributed by atoms with E-state index in [1.54, 1.807) is 0 Å². The molecule has 1 saturated carbocycles. The standard InChI is InChI=1S/C14H12N2/c1-2-6-13-9(4-1)11-8-12(11)10-5-3-7-15-14(10)16-13/h1-7,11-12H,8H2,(H,15,16)/t11-,12+/m1/s1. The predicted octanol–water partition coefficient (Wildman–Crippen LogP) is 3.41. The Morgan fingerprint density at radius 3 is 2.81 bits per heavy atom.